The van der Waals surface area contributed by atoms with Crippen LogP contribution < -0.4 is 10.1 Å². The van der Waals surface area contributed by atoms with Gasteiger partial charge in [0, 0.05) is 16.3 Å². The molecule has 3 rings (SSSR count). The average Bonchev–Trinajstić information content (AvgIpc) is 2.61. The lowest BCUT2D eigenvalue weighted by molar-refractivity contribution is -0.149. The monoisotopic (exact) mass is 357 g/mol. The van der Waals surface area contributed by atoms with E-state index in [-0.39, 0.29) is 6.61 Å². The molecule has 1 atom stereocenters. The number of benzene rings is 2. The highest BCUT2D eigenvalue weighted by Crippen LogP contribution is 2.29. The zero-order chi connectivity index (χ0) is 17.8. The van der Waals surface area contributed by atoms with Crippen molar-refractivity contribution in [1.29, 1.82) is 0 Å². The van der Waals surface area contributed by atoms with Crippen molar-refractivity contribution in [2.75, 3.05) is 11.9 Å². The summed E-state index contributed by atoms with van der Waals surface area (Å²) in [6, 6.07) is 14.1. The molecule has 0 saturated heterocycles. The van der Waals surface area contributed by atoms with Crippen LogP contribution >= 0.6 is 11.6 Å². The summed E-state index contributed by atoms with van der Waals surface area (Å²) >= 11 is 5.95. The molecule has 1 unspecified atom stereocenters. The van der Waals surface area contributed by atoms with Gasteiger partial charge in [-0.05, 0) is 43.3 Å². The smallest absolute Gasteiger partial charge is 0.338 e. The Morgan fingerprint density at radius 1 is 1.20 bits per heavy atom. The summed E-state index contributed by atoms with van der Waals surface area (Å²) in [6.45, 7) is 1.60. The number of carbonyl (C=O) groups is 2. The zero-order valence-corrected chi connectivity index (χ0v) is 14.2. The van der Waals surface area contributed by atoms with Crippen LogP contribution in [0, 0.1) is 0 Å². The second-order valence-corrected chi connectivity index (χ2v) is 5.98. The molecule has 0 spiro atoms. The van der Waals surface area contributed by atoms with Gasteiger partial charge in [-0.3, -0.25) is 4.79 Å². The molecule has 2 aromatic carbocycles. The first-order valence-electron chi connectivity index (χ1n) is 7.73. The molecule has 0 saturated carbocycles. The number of amides is 1. The lowest BCUT2D eigenvalue weighted by atomic mass is 10.1. The van der Waals surface area contributed by atoms with Gasteiger partial charge in [0.1, 0.15) is 12.4 Å². The van der Waals surface area contributed by atoms with E-state index < -0.39 is 18.0 Å². The van der Waals surface area contributed by atoms with E-state index in [1.807, 2.05) is 6.07 Å². The minimum atomic E-state index is -0.936. The van der Waals surface area contributed by atoms with Crippen LogP contribution in [0.2, 0.25) is 5.02 Å². The van der Waals surface area contributed by atoms with Crippen LogP contribution in [0.15, 0.2) is 54.1 Å². The van der Waals surface area contributed by atoms with Gasteiger partial charge in [-0.1, -0.05) is 29.8 Å². The molecule has 2 aromatic rings. The Balaban J connectivity index is 1.65. The third kappa shape index (κ3) is 4.19. The number of fused-ring (bicyclic) bond motifs is 1. The van der Waals surface area contributed by atoms with Gasteiger partial charge in [0.15, 0.2) is 6.10 Å². The maximum absolute atomic E-state index is 12.3. The van der Waals surface area contributed by atoms with Crippen molar-refractivity contribution >= 4 is 35.2 Å². The zero-order valence-electron chi connectivity index (χ0n) is 13.5. The van der Waals surface area contributed by atoms with E-state index in [0.29, 0.717) is 27.6 Å². The highest BCUT2D eigenvalue weighted by Gasteiger charge is 2.23. The molecule has 128 valence electrons. The Kier molecular flexibility index (Phi) is 5.05. The maximum atomic E-state index is 12.3. The number of rotatable bonds is 4. The first kappa shape index (κ1) is 17.0. The number of para-hydroxylation sites is 1. The highest BCUT2D eigenvalue weighted by molar-refractivity contribution is 6.30. The first-order chi connectivity index (χ1) is 12.0. The number of halogens is 1. The molecule has 0 radical (unpaired) electrons. The number of hydrogen-bond donors (Lipinski definition) is 1. The molecular weight excluding hydrogens is 342 g/mol. The number of carbonyl (C=O) groups excluding carboxylic acids is 2. The SMILES string of the molecule is CC(OC(=O)C1=Cc2cc(Cl)ccc2OC1)C(=O)Nc1ccccc1. The third-order valence-electron chi connectivity index (χ3n) is 3.64. The predicted octanol–water partition coefficient (Wildman–Crippen LogP) is 3.69. The fraction of sp³-hybridized carbons (Fsp3) is 0.158. The summed E-state index contributed by atoms with van der Waals surface area (Å²) in [5, 5.41) is 3.23. The second kappa shape index (κ2) is 7.40. The molecule has 0 bridgehead atoms. The number of esters is 1. The van der Waals surface area contributed by atoms with Crippen LogP contribution in [-0.4, -0.2) is 24.6 Å². The van der Waals surface area contributed by atoms with Crippen LogP contribution in [0.3, 0.4) is 0 Å². The van der Waals surface area contributed by atoms with Crippen molar-refractivity contribution in [1.82, 2.24) is 0 Å². The van der Waals surface area contributed by atoms with Crippen molar-refractivity contribution in [3.05, 3.63) is 64.7 Å². The lowest BCUT2D eigenvalue weighted by Crippen LogP contribution is -2.31. The van der Waals surface area contributed by atoms with Crippen LogP contribution in [0.5, 0.6) is 5.75 Å². The number of anilines is 1. The molecule has 0 aliphatic carbocycles. The molecule has 6 heteroatoms. The number of hydrogen-bond acceptors (Lipinski definition) is 4. The fourth-order valence-electron chi connectivity index (χ4n) is 2.32. The Morgan fingerprint density at radius 3 is 2.72 bits per heavy atom. The molecular formula is C19H16ClNO4. The van der Waals surface area contributed by atoms with Gasteiger partial charge < -0.3 is 14.8 Å². The molecule has 1 amide bonds. The summed E-state index contributed by atoms with van der Waals surface area (Å²) in [5.41, 5.74) is 1.67. The Hall–Kier alpha value is -2.79. The Bertz CT molecular complexity index is 833. The molecule has 1 heterocycles. The van der Waals surface area contributed by atoms with Crippen LogP contribution in [0.4, 0.5) is 5.69 Å². The molecule has 5 nitrogen and oxygen atoms in total. The molecule has 1 aliphatic heterocycles. The van der Waals surface area contributed by atoms with Crippen LogP contribution in [0.25, 0.3) is 6.08 Å². The van der Waals surface area contributed by atoms with Crippen molar-refractivity contribution in [2.45, 2.75) is 13.0 Å². The average molecular weight is 358 g/mol. The molecule has 25 heavy (non-hydrogen) atoms. The molecule has 1 aliphatic rings. The summed E-state index contributed by atoms with van der Waals surface area (Å²) < 4.78 is 10.8. The van der Waals surface area contributed by atoms with Gasteiger partial charge in [0.25, 0.3) is 5.91 Å². The highest BCUT2D eigenvalue weighted by atomic mass is 35.5. The summed E-state index contributed by atoms with van der Waals surface area (Å²) in [4.78, 5) is 24.4. The molecule has 1 N–H and O–H groups in total. The standard InChI is InChI=1S/C19H16ClNO4/c1-12(18(22)21-16-5-3-2-4-6-16)25-19(23)14-9-13-10-15(20)7-8-17(13)24-11-14/h2-10,12H,11H2,1H3,(H,21,22). The fourth-order valence-corrected chi connectivity index (χ4v) is 2.50. The van der Waals surface area contributed by atoms with Crippen LogP contribution in [-0.2, 0) is 14.3 Å². The normalized spacial score (nSPS) is 13.8. The Labute approximate surface area is 150 Å². The largest absolute Gasteiger partial charge is 0.488 e. The maximum Gasteiger partial charge on any atom is 0.338 e. The lowest BCUT2D eigenvalue weighted by Gasteiger charge is -2.19. The van der Waals surface area contributed by atoms with Crippen molar-refractivity contribution in [2.24, 2.45) is 0 Å². The van der Waals surface area contributed by atoms with E-state index in [4.69, 9.17) is 21.1 Å². The summed E-state index contributed by atoms with van der Waals surface area (Å²) in [5.74, 6) is -0.350. The minimum Gasteiger partial charge on any atom is -0.488 e. The van der Waals surface area contributed by atoms with Gasteiger partial charge in [0.2, 0.25) is 0 Å². The summed E-state index contributed by atoms with van der Waals surface area (Å²) in [7, 11) is 0. The predicted molar refractivity (Wildman–Crippen MR) is 95.5 cm³/mol. The molecule has 0 fully saturated rings. The summed E-state index contributed by atoms with van der Waals surface area (Å²) in [6.07, 6.45) is 0.726. The van der Waals surface area contributed by atoms with E-state index >= 15 is 0 Å². The van der Waals surface area contributed by atoms with E-state index in [1.54, 1.807) is 48.5 Å². The van der Waals surface area contributed by atoms with Gasteiger partial charge >= 0.3 is 5.97 Å². The van der Waals surface area contributed by atoms with E-state index in [0.717, 1.165) is 0 Å². The van der Waals surface area contributed by atoms with E-state index in [2.05, 4.69) is 5.32 Å². The van der Waals surface area contributed by atoms with Crippen molar-refractivity contribution < 1.29 is 19.1 Å². The second-order valence-electron chi connectivity index (χ2n) is 5.54. The van der Waals surface area contributed by atoms with Gasteiger partial charge in [0.05, 0.1) is 5.57 Å². The number of ether oxygens (including phenoxy) is 2. The topological polar surface area (TPSA) is 64.6 Å². The minimum absolute atomic E-state index is 0.0838. The first-order valence-corrected chi connectivity index (χ1v) is 8.10. The van der Waals surface area contributed by atoms with E-state index in [1.165, 1.54) is 6.92 Å². The van der Waals surface area contributed by atoms with Gasteiger partial charge in [-0.15, -0.1) is 0 Å². The van der Waals surface area contributed by atoms with Gasteiger partial charge in [-0.25, -0.2) is 4.79 Å². The molecule has 0 aromatic heterocycles. The van der Waals surface area contributed by atoms with Crippen LogP contribution in [0.1, 0.15) is 12.5 Å². The van der Waals surface area contributed by atoms with E-state index in [9.17, 15) is 9.59 Å². The Morgan fingerprint density at radius 2 is 1.96 bits per heavy atom. The number of nitrogens with one attached hydrogen (secondary N) is 1. The van der Waals surface area contributed by atoms with Gasteiger partial charge in [-0.2, -0.15) is 0 Å². The van der Waals surface area contributed by atoms with Crippen molar-refractivity contribution in [3.63, 3.8) is 0 Å². The quantitative estimate of drug-likeness (QED) is 0.848. The third-order valence-corrected chi connectivity index (χ3v) is 3.88. The van der Waals surface area contributed by atoms with Crippen molar-refractivity contribution in [3.8, 4) is 5.75 Å².